The predicted octanol–water partition coefficient (Wildman–Crippen LogP) is 3.20. The number of phenolic OH excluding ortho intramolecular Hbond substituents is 1. The number of phenols is 1. The van der Waals surface area contributed by atoms with Crippen molar-refractivity contribution in [2.45, 2.75) is 11.1 Å². The van der Waals surface area contributed by atoms with Crippen LogP contribution >= 0.6 is 24.0 Å². The fourth-order valence-corrected chi connectivity index (χ4v) is 2.42. The van der Waals surface area contributed by atoms with Gasteiger partial charge in [-0.1, -0.05) is 6.07 Å². The highest BCUT2D eigenvalue weighted by Gasteiger charge is 2.05. The van der Waals surface area contributed by atoms with E-state index in [1.807, 2.05) is 25.1 Å². The van der Waals surface area contributed by atoms with E-state index in [1.54, 1.807) is 11.3 Å². The first kappa shape index (κ1) is 7.95. The van der Waals surface area contributed by atoms with E-state index in [2.05, 4.69) is 12.6 Å². The largest absolute Gasteiger partial charge is 0.507 e. The maximum absolute atomic E-state index is 9.64. The normalized spacial score (nSPS) is 10.8. The van der Waals surface area contributed by atoms with Gasteiger partial charge in [-0.15, -0.1) is 24.0 Å². The number of aromatic hydroxyl groups is 1. The second kappa shape index (κ2) is 2.68. The van der Waals surface area contributed by atoms with Crippen LogP contribution in [0.5, 0.6) is 5.75 Å². The molecule has 1 aromatic carbocycles. The minimum atomic E-state index is 0.379. The predicted molar refractivity (Wildman–Crippen MR) is 55.5 cm³/mol. The third-order valence-electron chi connectivity index (χ3n) is 1.86. The molecule has 1 N–H and O–H groups in total. The van der Waals surface area contributed by atoms with E-state index in [1.165, 1.54) is 0 Å². The zero-order chi connectivity index (χ0) is 8.72. The summed E-state index contributed by atoms with van der Waals surface area (Å²) in [5.74, 6) is 0.379. The first-order chi connectivity index (χ1) is 5.68. The molecule has 0 bridgehead atoms. The van der Waals surface area contributed by atoms with Gasteiger partial charge in [0.1, 0.15) is 5.75 Å². The molecule has 0 saturated carbocycles. The first-order valence-corrected chi connectivity index (χ1v) is 4.86. The van der Waals surface area contributed by atoms with Gasteiger partial charge in [0.15, 0.2) is 0 Å². The number of hydrogen-bond donors (Lipinski definition) is 2. The number of thiophene rings is 1. The molecule has 2 rings (SSSR count). The van der Waals surface area contributed by atoms with E-state index in [0.717, 1.165) is 19.9 Å². The van der Waals surface area contributed by atoms with Gasteiger partial charge in [-0.2, -0.15) is 0 Å². The molecular formula is C9H8OS2. The molecule has 1 nitrogen and oxygen atoms in total. The lowest BCUT2D eigenvalue weighted by Gasteiger charge is -1.97. The molecule has 0 radical (unpaired) electrons. The summed E-state index contributed by atoms with van der Waals surface area (Å²) >= 11 is 5.81. The van der Waals surface area contributed by atoms with E-state index in [9.17, 15) is 5.11 Å². The lowest BCUT2D eigenvalue weighted by Crippen LogP contribution is -1.72. The molecule has 1 aromatic heterocycles. The third kappa shape index (κ3) is 1.09. The van der Waals surface area contributed by atoms with Crippen LogP contribution in [0.25, 0.3) is 10.1 Å². The molecule has 2 aromatic rings. The Bertz CT molecular complexity index is 431. The third-order valence-corrected chi connectivity index (χ3v) is 3.17. The van der Waals surface area contributed by atoms with Crippen LogP contribution in [0.2, 0.25) is 0 Å². The molecule has 1 heterocycles. The van der Waals surface area contributed by atoms with Gasteiger partial charge in [-0.3, -0.25) is 0 Å². The maximum atomic E-state index is 9.64. The second-order valence-corrected chi connectivity index (χ2v) is 4.60. The van der Waals surface area contributed by atoms with Crippen molar-refractivity contribution < 1.29 is 5.11 Å². The van der Waals surface area contributed by atoms with Crippen molar-refractivity contribution in [2.24, 2.45) is 0 Å². The summed E-state index contributed by atoms with van der Waals surface area (Å²) in [4.78, 5) is 0. The quantitative estimate of drug-likeness (QED) is 0.620. The van der Waals surface area contributed by atoms with Crippen LogP contribution < -0.4 is 0 Å². The van der Waals surface area contributed by atoms with Crippen molar-refractivity contribution in [2.75, 3.05) is 0 Å². The molecule has 0 amide bonds. The van der Waals surface area contributed by atoms with Crippen LogP contribution in [0.4, 0.5) is 0 Å². The van der Waals surface area contributed by atoms with E-state index < -0.39 is 0 Å². The average Bonchev–Trinajstić information content (AvgIpc) is 2.39. The van der Waals surface area contributed by atoms with E-state index in [4.69, 9.17) is 0 Å². The molecule has 0 saturated heterocycles. The topological polar surface area (TPSA) is 20.2 Å². The second-order valence-electron chi connectivity index (χ2n) is 2.73. The van der Waals surface area contributed by atoms with Gasteiger partial charge in [0.25, 0.3) is 0 Å². The van der Waals surface area contributed by atoms with Gasteiger partial charge < -0.3 is 5.11 Å². The van der Waals surface area contributed by atoms with Crippen molar-refractivity contribution in [3.05, 3.63) is 23.8 Å². The lowest BCUT2D eigenvalue weighted by molar-refractivity contribution is 0.477. The minimum absolute atomic E-state index is 0.379. The summed E-state index contributed by atoms with van der Waals surface area (Å²) in [6.45, 7) is 1.89. The van der Waals surface area contributed by atoms with Crippen molar-refractivity contribution >= 4 is 34.1 Å². The summed E-state index contributed by atoms with van der Waals surface area (Å²) in [5.41, 5.74) is 0.911. The van der Waals surface area contributed by atoms with Gasteiger partial charge in [0.05, 0.1) is 4.21 Å². The Morgan fingerprint density at radius 1 is 1.42 bits per heavy atom. The Morgan fingerprint density at radius 2 is 2.17 bits per heavy atom. The molecule has 3 heteroatoms. The van der Waals surface area contributed by atoms with Gasteiger partial charge in [-0.25, -0.2) is 0 Å². The van der Waals surface area contributed by atoms with Crippen molar-refractivity contribution in [1.29, 1.82) is 0 Å². The highest BCUT2D eigenvalue weighted by molar-refractivity contribution is 7.83. The fourth-order valence-electron chi connectivity index (χ4n) is 1.19. The zero-order valence-electron chi connectivity index (χ0n) is 6.53. The van der Waals surface area contributed by atoms with Crippen LogP contribution in [0, 0.1) is 6.92 Å². The summed E-state index contributed by atoms with van der Waals surface area (Å²) < 4.78 is 2.02. The van der Waals surface area contributed by atoms with Crippen LogP contribution in [0.1, 0.15) is 5.56 Å². The Hall–Kier alpha value is -0.670. The summed E-state index contributed by atoms with van der Waals surface area (Å²) in [5, 5.41) is 10.6. The molecular weight excluding hydrogens is 188 g/mol. The molecule has 0 aliphatic heterocycles. The number of benzene rings is 1. The Morgan fingerprint density at radius 3 is 2.92 bits per heavy atom. The van der Waals surface area contributed by atoms with Gasteiger partial charge in [0.2, 0.25) is 0 Å². The number of aryl methyl sites for hydroxylation is 1. The molecule has 62 valence electrons. The number of fused-ring (bicyclic) bond motifs is 1. The monoisotopic (exact) mass is 196 g/mol. The average molecular weight is 196 g/mol. The van der Waals surface area contributed by atoms with Gasteiger partial charge in [0, 0.05) is 10.1 Å². The van der Waals surface area contributed by atoms with Crippen molar-refractivity contribution in [3.63, 3.8) is 0 Å². The maximum Gasteiger partial charge on any atom is 0.127 e. The molecule has 0 atom stereocenters. The molecule has 0 aliphatic carbocycles. The first-order valence-electron chi connectivity index (χ1n) is 3.59. The van der Waals surface area contributed by atoms with E-state index in [0.29, 0.717) is 5.75 Å². The summed E-state index contributed by atoms with van der Waals surface area (Å²) in [6.07, 6.45) is 0. The lowest BCUT2D eigenvalue weighted by atomic mass is 10.1. The Labute approximate surface area is 80.1 Å². The molecule has 0 aliphatic rings. The highest BCUT2D eigenvalue weighted by atomic mass is 32.2. The van der Waals surface area contributed by atoms with Crippen LogP contribution in [-0.2, 0) is 0 Å². The summed E-state index contributed by atoms with van der Waals surface area (Å²) in [7, 11) is 0. The standard InChI is InChI=1S/C9H8OS2/c1-5-2-3-7-6(9(5)10)4-8(11)12-7/h2-4,10-11H,1H3. The molecule has 0 fully saturated rings. The van der Waals surface area contributed by atoms with Crippen LogP contribution in [0.3, 0.4) is 0 Å². The fraction of sp³-hybridized carbons (Fsp3) is 0.111. The van der Waals surface area contributed by atoms with Crippen LogP contribution in [0.15, 0.2) is 22.4 Å². The van der Waals surface area contributed by atoms with Crippen molar-refractivity contribution in [3.8, 4) is 5.75 Å². The minimum Gasteiger partial charge on any atom is -0.507 e. The number of thiol groups is 1. The molecule has 0 unspecified atom stereocenters. The molecule has 0 spiro atoms. The van der Waals surface area contributed by atoms with Gasteiger partial charge >= 0.3 is 0 Å². The highest BCUT2D eigenvalue weighted by Crippen LogP contribution is 2.35. The Balaban J connectivity index is 2.89. The smallest absolute Gasteiger partial charge is 0.127 e. The van der Waals surface area contributed by atoms with Gasteiger partial charge in [-0.05, 0) is 24.6 Å². The SMILES string of the molecule is Cc1ccc2sc(S)cc2c1O. The number of rotatable bonds is 0. The zero-order valence-corrected chi connectivity index (χ0v) is 8.25. The summed E-state index contributed by atoms with van der Waals surface area (Å²) in [6, 6.07) is 5.82. The molecule has 12 heavy (non-hydrogen) atoms. The van der Waals surface area contributed by atoms with E-state index >= 15 is 0 Å². The van der Waals surface area contributed by atoms with Crippen LogP contribution in [-0.4, -0.2) is 5.11 Å². The van der Waals surface area contributed by atoms with Crippen molar-refractivity contribution in [1.82, 2.24) is 0 Å². The number of hydrogen-bond acceptors (Lipinski definition) is 3. The Kier molecular flexibility index (Phi) is 1.77. The van der Waals surface area contributed by atoms with E-state index in [-0.39, 0.29) is 0 Å².